The molecular weight excluding hydrogens is 266 g/mol. The van der Waals surface area contributed by atoms with Gasteiger partial charge in [-0.3, -0.25) is 4.98 Å². The van der Waals surface area contributed by atoms with Crippen molar-refractivity contribution in [2.24, 2.45) is 0 Å². The number of hydrogen-bond donors (Lipinski definition) is 1. The fourth-order valence-electron chi connectivity index (χ4n) is 2.07. The molecule has 0 saturated carbocycles. The Morgan fingerprint density at radius 2 is 1.90 bits per heavy atom. The van der Waals surface area contributed by atoms with E-state index in [1.807, 2.05) is 23.7 Å². The third kappa shape index (κ3) is 5.04. The summed E-state index contributed by atoms with van der Waals surface area (Å²) in [4.78, 5) is 9.29. The van der Waals surface area contributed by atoms with Gasteiger partial charge in [0.25, 0.3) is 0 Å². The van der Waals surface area contributed by atoms with E-state index in [1.165, 1.54) is 15.3 Å². The van der Waals surface area contributed by atoms with Gasteiger partial charge in [0.2, 0.25) is 0 Å². The number of aromatic nitrogens is 1. The molecule has 20 heavy (non-hydrogen) atoms. The van der Waals surface area contributed by atoms with E-state index in [1.54, 1.807) is 0 Å². The minimum atomic E-state index is 0.988. The van der Waals surface area contributed by atoms with Gasteiger partial charge in [0.15, 0.2) is 0 Å². The van der Waals surface area contributed by atoms with Crippen molar-refractivity contribution in [3.63, 3.8) is 0 Å². The Morgan fingerprint density at radius 3 is 2.65 bits per heavy atom. The first-order chi connectivity index (χ1) is 9.78. The molecule has 0 aliphatic carbocycles. The number of rotatable bonds is 8. The minimum Gasteiger partial charge on any atom is -0.312 e. The third-order valence-electron chi connectivity index (χ3n) is 3.22. The molecule has 0 radical (unpaired) electrons. The lowest BCUT2D eigenvalue weighted by molar-refractivity contribution is 0.334. The first-order valence-corrected chi connectivity index (χ1v) is 7.95. The summed E-state index contributed by atoms with van der Waals surface area (Å²) in [6.45, 7) is 6.26. The maximum Gasteiger partial charge on any atom is 0.0325 e. The summed E-state index contributed by atoms with van der Waals surface area (Å²) in [5, 5.41) is 3.37. The van der Waals surface area contributed by atoms with E-state index in [2.05, 4.69) is 53.4 Å². The predicted molar refractivity (Wildman–Crippen MR) is 86.0 cm³/mol. The second kappa shape index (κ2) is 8.15. The molecular formula is C16H23N3S. The molecule has 4 heteroatoms. The zero-order valence-electron chi connectivity index (χ0n) is 12.3. The number of likely N-dealkylation sites (N-methyl/N-ethyl adjacent to an activating group) is 1. The highest BCUT2D eigenvalue weighted by Crippen LogP contribution is 2.18. The van der Waals surface area contributed by atoms with Gasteiger partial charge in [-0.25, -0.2) is 0 Å². The number of nitrogens with zero attached hydrogens (tertiary/aromatic N) is 2. The monoisotopic (exact) mass is 289 g/mol. The Kier molecular flexibility index (Phi) is 6.18. The molecule has 2 rings (SSSR count). The number of hydrogen-bond acceptors (Lipinski definition) is 4. The zero-order chi connectivity index (χ0) is 14.2. The van der Waals surface area contributed by atoms with Crippen LogP contribution in [0.3, 0.4) is 0 Å². The first kappa shape index (κ1) is 15.2. The van der Waals surface area contributed by atoms with E-state index >= 15 is 0 Å². The second-order valence-corrected chi connectivity index (χ2v) is 6.24. The van der Waals surface area contributed by atoms with E-state index < -0.39 is 0 Å². The Labute approximate surface area is 125 Å². The standard InChI is InChI=1S/C16H23N3S/c1-3-17-12-15-4-5-16(20-15)13-19(2)11-8-14-6-9-18-10-7-14/h4-7,9-10,17H,3,8,11-13H2,1-2H3. The maximum atomic E-state index is 4.05. The van der Waals surface area contributed by atoms with Crippen LogP contribution in [0.4, 0.5) is 0 Å². The number of pyridine rings is 1. The Balaban J connectivity index is 1.76. The van der Waals surface area contributed by atoms with Crippen LogP contribution in [-0.2, 0) is 19.5 Å². The Hall–Kier alpha value is -1.23. The van der Waals surface area contributed by atoms with E-state index in [-0.39, 0.29) is 0 Å². The molecule has 1 N–H and O–H groups in total. The van der Waals surface area contributed by atoms with Crippen LogP contribution in [0.2, 0.25) is 0 Å². The molecule has 0 atom stereocenters. The zero-order valence-corrected chi connectivity index (χ0v) is 13.1. The summed E-state index contributed by atoms with van der Waals surface area (Å²) in [5.41, 5.74) is 1.35. The normalized spacial score (nSPS) is 11.2. The van der Waals surface area contributed by atoms with Gasteiger partial charge in [-0.1, -0.05) is 6.92 Å². The first-order valence-electron chi connectivity index (χ1n) is 7.13. The molecule has 108 valence electrons. The lowest BCUT2D eigenvalue weighted by Crippen LogP contribution is -2.20. The molecule has 0 spiro atoms. The van der Waals surface area contributed by atoms with E-state index in [0.29, 0.717) is 0 Å². The highest BCUT2D eigenvalue weighted by atomic mass is 32.1. The Morgan fingerprint density at radius 1 is 1.15 bits per heavy atom. The molecule has 0 aliphatic rings. The van der Waals surface area contributed by atoms with Gasteiger partial charge in [-0.15, -0.1) is 11.3 Å². The molecule has 2 aromatic rings. The summed E-state index contributed by atoms with van der Waals surface area (Å²) in [7, 11) is 2.19. The van der Waals surface area contributed by atoms with Crippen molar-refractivity contribution in [2.45, 2.75) is 26.4 Å². The number of thiophene rings is 1. The summed E-state index contributed by atoms with van der Waals surface area (Å²) in [6, 6.07) is 8.67. The molecule has 2 aromatic heterocycles. The molecule has 0 saturated heterocycles. The fraction of sp³-hybridized carbons (Fsp3) is 0.438. The van der Waals surface area contributed by atoms with E-state index in [4.69, 9.17) is 0 Å². The fourth-order valence-corrected chi connectivity index (χ4v) is 3.13. The third-order valence-corrected chi connectivity index (χ3v) is 4.29. The van der Waals surface area contributed by atoms with Gasteiger partial charge < -0.3 is 10.2 Å². The summed E-state index contributed by atoms with van der Waals surface area (Å²) in [6.07, 6.45) is 4.80. The van der Waals surface area contributed by atoms with Crippen LogP contribution in [0, 0.1) is 0 Å². The van der Waals surface area contributed by atoms with Gasteiger partial charge in [-0.2, -0.15) is 0 Å². The highest BCUT2D eigenvalue weighted by molar-refractivity contribution is 7.11. The summed E-state index contributed by atoms with van der Waals surface area (Å²) in [5.74, 6) is 0. The molecule has 0 aromatic carbocycles. The van der Waals surface area contributed by atoms with Gasteiger partial charge in [0.1, 0.15) is 0 Å². The van der Waals surface area contributed by atoms with Crippen LogP contribution in [-0.4, -0.2) is 30.0 Å². The van der Waals surface area contributed by atoms with Crippen LogP contribution in [0.5, 0.6) is 0 Å². The minimum absolute atomic E-state index is 0.988. The van der Waals surface area contributed by atoms with Crippen molar-refractivity contribution in [3.05, 3.63) is 52.0 Å². The molecule has 3 nitrogen and oxygen atoms in total. The lowest BCUT2D eigenvalue weighted by atomic mass is 10.2. The van der Waals surface area contributed by atoms with Crippen molar-refractivity contribution in [1.82, 2.24) is 15.2 Å². The van der Waals surface area contributed by atoms with Crippen molar-refractivity contribution < 1.29 is 0 Å². The van der Waals surface area contributed by atoms with Gasteiger partial charge in [0, 0.05) is 41.8 Å². The topological polar surface area (TPSA) is 28.2 Å². The van der Waals surface area contributed by atoms with Crippen LogP contribution in [0.1, 0.15) is 22.2 Å². The van der Waals surface area contributed by atoms with Crippen LogP contribution >= 0.6 is 11.3 Å². The summed E-state index contributed by atoms with van der Waals surface area (Å²) < 4.78 is 0. The average Bonchev–Trinajstić information content (AvgIpc) is 2.91. The lowest BCUT2D eigenvalue weighted by Gasteiger charge is -2.15. The van der Waals surface area contributed by atoms with Crippen molar-refractivity contribution in [2.75, 3.05) is 20.1 Å². The van der Waals surface area contributed by atoms with Gasteiger partial charge in [0.05, 0.1) is 0 Å². The smallest absolute Gasteiger partial charge is 0.0325 e. The SMILES string of the molecule is CCNCc1ccc(CN(C)CCc2ccncc2)s1. The quantitative estimate of drug-likeness (QED) is 0.810. The van der Waals surface area contributed by atoms with Gasteiger partial charge in [-0.05, 0) is 49.8 Å². The predicted octanol–water partition coefficient (Wildman–Crippen LogP) is 2.93. The van der Waals surface area contributed by atoms with Crippen LogP contribution in [0.25, 0.3) is 0 Å². The largest absolute Gasteiger partial charge is 0.312 e. The average molecular weight is 289 g/mol. The van der Waals surface area contributed by atoms with E-state index in [9.17, 15) is 0 Å². The van der Waals surface area contributed by atoms with Crippen LogP contribution in [0.15, 0.2) is 36.7 Å². The molecule has 0 unspecified atom stereocenters. The molecule has 0 aliphatic heterocycles. The van der Waals surface area contributed by atoms with Crippen molar-refractivity contribution in [1.29, 1.82) is 0 Å². The molecule has 0 fully saturated rings. The van der Waals surface area contributed by atoms with Gasteiger partial charge >= 0.3 is 0 Å². The van der Waals surface area contributed by atoms with Crippen molar-refractivity contribution in [3.8, 4) is 0 Å². The van der Waals surface area contributed by atoms with Crippen LogP contribution < -0.4 is 5.32 Å². The number of nitrogens with one attached hydrogen (secondary N) is 1. The molecule has 2 heterocycles. The van der Waals surface area contributed by atoms with Crippen molar-refractivity contribution >= 4 is 11.3 Å². The molecule has 0 bridgehead atoms. The van der Waals surface area contributed by atoms with E-state index in [0.717, 1.165) is 32.6 Å². The Bertz CT molecular complexity index is 495. The highest BCUT2D eigenvalue weighted by Gasteiger charge is 2.04. The molecule has 0 amide bonds. The summed E-state index contributed by atoms with van der Waals surface area (Å²) >= 11 is 1.91. The second-order valence-electron chi connectivity index (χ2n) is 4.99. The maximum absolute atomic E-state index is 4.05.